The molecule has 0 saturated carbocycles. The van der Waals surface area contributed by atoms with Gasteiger partial charge in [0.1, 0.15) is 0 Å². The van der Waals surface area contributed by atoms with Gasteiger partial charge in [0.2, 0.25) is 0 Å². The summed E-state index contributed by atoms with van der Waals surface area (Å²) in [5.74, 6) is -0.407. The predicted molar refractivity (Wildman–Crippen MR) is 97.4 cm³/mol. The van der Waals surface area contributed by atoms with E-state index in [0.717, 1.165) is 9.13 Å². The van der Waals surface area contributed by atoms with Crippen molar-refractivity contribution in [3.63, 3.8) is 0 Å². The van der Waals surface area contributed by atoms with Crippen LogP contribution in [0.25, 0.3) is 0 Å². The molecule has 2 aromatic carbocycles. The lowest BCUT2D eigenvalue weighted by Gasteiger charge is -2.09. The van der Waals surface area contributed by atoms with Crippen molar-refractivity contribution in [1.82, 2.24) is 5.32 Å². The van der Waals surface area contributed by atoms with E-state index in [9.17, 15) is 9.59 Å². The van der Waals surface area contributed by atoms with Crippen LogP contribution in [0.15, 0.2) is 48.5 Å². The van der Waals surface area contributed by atoms with Crippen LogP contribution >= 0.6 is 22.6 Å². The molecule has 0 atom stereocenters. The molecule has 0 bridgehead atoms. The van der Waals surface area contributed by atoms with Crippen molar-refractivity contribution >= 4 is 40.3 Å². The van der Waals surface area contributed by atoms with Gasteiger partial charge in [-0.2, -0.15) is 0 Å². The third-order valence-corrected chi connectivity index (χ3v) is 3.64. The van der Waals surface area contributed by atoms with Crippen LogP contribution in [0.3, 0.4) is 0 Å². The van der Waals surface area contributed by atoms with Gasteiger partial charge in [-0.3, -0.25) is 0 Å². The Morgan fingerprint density at radius 2 is 1.91 bits per heavy atom. The van der Waals surface area contributed by atoms with Gasteiger partial charge in [-0.1, -0.05) is 18.2 Å². The molecule has 120 valence electrons. The molecule has 2 amide bonds. The molecule has 0 saturated heterocycles. The molecule has 5 nitrogen and oxygen atoms in total. The summed E-state index contributed by atoms with van der Waals surface area (Å²) in [6, 6.07) is 14.2. The van der Waals surface area contributed by atoms with Crippen molar-refractivity contribution in [2.24, 2.45) is 0 Å². The molecule has 0 spiro atoms. The van der Waals surface area contributed by atoms with Crippen molar-refractivity contribution in [2.45, 2.75) is 13.5 Å². The van der Waals surface area contributed by atoms with Crippen LogP contribution in [-0.2, 0) is 11.3 Å². The summed E-state index contributed by atoms with van der Waals surface area (Å²) in [6.07, 6.45) is 0. The van der Waals surface area contributed by atoms with Gasteiger partial charge < -0.3 is 15.4 Å². The van der Waals surface area contributed by atoms with E-state index in [1.807, 2.05) is 24.3 Å². The second-order valence-corrected chi connectivity index (χ2v) is 5.98. The molecule has 2 aromatic rings. The molecule has 23 heavy (non-hydrogen) atoms. The number of hydrogen-bond acceptors (Lipinski definition) is 3. The Morgan fingerprint density at radius 1 is 1.13 bits per heavy atom. The van der Waals surface area contributed by atoms with Crippen LogP contribution in [0.1, 0.15) is 22.8 Å². The van der Waals surface area contributed by atoms with Gasteiger partial charge in [0.05, 0.1) is 12.2 Å². The molecular formula is C17H17IN2O3. The number of halogens is 1. The zero-order valence-electron chi connectivity index (χ0n) is 12.6. The van der Waals surface area contributed by atoms with Crippen LogP contribution in [0.2, 0.25) is 0 Å². The Labute approximate surface area is 148 Å². The topological polar surface area (TPSA) is 67.4 Å². The first-order chi connectivity index (χ1) is 11.1. The van der Waals surface area contributed by atoms with Crippen LogP contribution in [0.4, 0.5) is 10.5 Å². The first-order valence-electron chi connectivity index (χ1n) is 7.15. The van der Waals surface area contributed by atoms with Crippen LogP contribution < -0.4 is 10.6 Å². The number of urea groups is 1. The van der Waals surface area contributed by atoms with E-state index < -0.39 is 5.97 Å². The zero-order valence-corrected chi connectivity index (χ0v) is 14.8. The smallest absolute Gasteiger partial charge is 0.338 e. The lowest BCUT2D eigenvalue weighted by molar-refractivity contribution is 0.0526. The fourth-order valence-corrected chi connectivity index (χ4v) is 2.55. The monoisotopic (exact) mass is 424 g/mol. The summed E-state index contributed by atoms with van der Waals surface area (Å²) in [6.45, 7) is 2.49. The van der Waals surface area contributed by atoms with Crippen molar-refractivity contribution < 1.29 is 14.3 Å². The molecule has 0 aromatic heterocycles. The number of carbonyl (C=O) groups excluding carboxylic acids is 2. The van der Waals surface area contributed by atoms with E-state index in [0.29, 0.717) is 24.4 Å². The molecule has 2 rings (SSSR count). The van der Waals surface area contributed by atoms with Crippen LogP contribution in [0, 0.1) is 3.57 Å². The van der Waals surface area contributed by atoms with Crippen molar-refractivity contribution in [2.75, 3.05) is 11.9 Å². The highest BCUT2D eigenvalue weighted by Crippen LogP contribution is 2.12. The average molecular weight is 424 g/mol. The van der Waals surface area contributed by atoms with Crippen LogP contribution in [0.5, 0.6) is 0 Å². The highest BCUT2D eigenvalue weighted by atomic mass is 127. The summed E-state index contributed by atoms with van der Waals surface area (Å²) in [5, 5.41) is 5.48. The second-order valence-electron chi connectivity index (χ2n) is 4.74. The summed E-state index contributed by atoms with van der Waals surface area (Å²) >= 11 is 2.23. The van der Waals surface area contributed by atoms with E-state index in [1.165, 1.54) is 0 Å². The van der Waals surface area contributed by atoms with Gasteiger partial charge in [0, 0.05) is 15.8 Å². The molecule has 0 fully saturated rings. The number of esters is 1. The zero-order chi connectivity index (χ0) is 16.7. The summed E-state index contributed by atoms with van der Waals surface area (Å²) in [4.78, 5) is 23.6. The van der Waals surface area contributed by atoms with E-state index in [4.69, 9.17) is 4.74 Å². The lowest BCUT2D eigenvalue weighted by atomic mass is 10.2. The first kappa shape index (κ1) is 17.3. The number of amides is 2. The largest absolute Gasteiger partial charge is 0.462 e. The normalized spacial score (nSPS) is 10.0. The minimum absolute atomic E-state index is 0.312. The number of ether oxygens (including phenoxy) is 1. The second kappa shape index (κ2) is 8.52. The van der Waals surface area contributed by atoms with Gasteiger partial charge in [-0.15, -0.1) is 0 Å². The highest BCUT2D eigenvalue weighted by Gasteiger charge is 2.08. The molecule has 0 aliphatic heterocycles. The number of rotatable bonds is 5. The third kappa shape index (κ3) is 5.55. The Kier molecular flexibility index (Phi) is 6.40. The summed E-state index contributed by atoms with van der Waals surface area (Å²) < 4.78 is 6.05. The predicted octanol–water partition coefficient (Wildman–Crippen LogP) is 3.79. The van der Waals surface area contributed by atoms with Gasteiger partial charge in [0.15, 0.2) is 0 Å². The Bertz CT molecular complexity index is 704. The molecule has 0 aliphatic carbocycles. The van der Waals surface area contributed by atoms with Gasteiger partial charge in [-0.25, -0.2) is 9.59 Å². The maximum absolute atomic E-state index is 11.9. The standard InChI is InChI=1S/C17H17IN2O3/c1-2-23-16(21)13-6-4-8-15(10-13)20-17(22)19-11-12-5-3-7-14(18)9-12/h3-10H,2,11H2,1H3,(H2,19,20,22). The van der Waals surface area contributed by atoms with Gasteiger partial charge in [-0.05, 0) is 65.4 Å². The van der Waals surface area contributed by atoms with Crippen molar-refractivity contribution in [1.29, 1.82) is 0 Å². The van der Waals surface area contributed by atoms with E-state index in [1.54, 1.807) is 31.2 Å². The average Bonchev–Trinajstić information content (AvgIpc) is 2.53. The van der Waals surface area contributed by atoms with Crippen molar-refractivity contribution in [3.05, 3.63) is 63.2 Å². The molecule has 0 heterocycles. The van der Waals surface area contributed by atoms with Gasteiger partial charge in [0.25, 0.3) is 0 Å². The molecular weight excluding hydrogens is 407 g/mol. The maximum atomic E-state index is 11.9. The minimum Gasteiger partial charge on any atom is -0.462 e. The van der Waals surface area contributed by atoms with E-state index in [-0.39, 0.29) is 6.03 Å². The van der Waals surface area contributed by atoms with Gasteiger partial charge >= 0.3 is 12.0 Å². The van der Waals surface area contributed by atoms with E-state index >= 15 is 0 Å². The van der Waals surface area contributed by atoms with E-state index in [2.05, 4.69) is 33.2 Å². The SMILES string of the molecule is CCOC(=O)c1cccc(NC(=O)NCc2cccc(I)c2)c1. The number of nitrogens with one attached hydrogen (secondary N) is 2. The van der Waals surface area contributed by atoms with Crippen molar-refractivity contribution in [3.8, 4) is 0 Å². The minimum atomic E-state index is -0.407. The molecule has 6 heteroatoms. The van der Waals surface area contributed by atoms with Crippen LogP contribution in [-0.4, -0.2) is 18.6 Å². The number of benzene rings is 2. The fraction of sp³-hybridized carbons (Fsp3) is 0.176. The molecule has 0 aliphatic rings. The Hall–Kier alpha value is -2.09. The number of hydrogen-bond donors (Lipinski definition) is 2. The Balaban J connectivity index is 1.92. The Morgan fingerprint density at radius 3 is 2.65 bits per heavy atom. The number of anilines is 1. The highest BCUT2D eigenvalue weighted by molar-refractivity contribution is 14.1. The fourth-order valence-electron chi connectivity index (χ4n) is 1.94. The molecule has 0 radical (unpaired) electrons. The lowest BCUT2D eigenvalue weighted by Crippen LogP contribution is -2.28. The first-order valence-corrected chi connectivity index (χ1v) is 8.23. The molecule has 0 unspecified atom stereocenters. The quantitative estimate of drug-likeness (QED) is 0.567. The molecule has 2 N–H and O–H groups in total. The summed E-state index contributed by atoms with van der Waals surface area (Å²) in [7, 11) is 0. The maximum Gasteiger partial charge on any atom is 0.338 e. The number of carbonyl (C=O) groups is 2. The third-order valence-electron chi connectivity index (χ3n) is 2.97. The summed E-state index contributed by atoms with van der Waals surface area (Å²) in [5.41, 5.74) is 1.96.